The molecule has 1 unspecified atom stereocenters. The summed E-state index contributed by atoms with van der Waals surface area (Å²) in [5, 5.41) is 10.6. The van der Waals surface area contributed by atoms with Crippen molar-refractivity contribution in [2.45, 2.75) is 33.2 Å². The first-order chi connectivity index (χ1) is 8.54. The van der Waals surface area contributed by atoms with Gasteiger partial charge in [-0.05, 0) is 31.4 Å². The lowest BCUT2D eigenvalue weighted by atomic mass is 9.98. The van der Waals surface area contributed by atoms with Gasteiger partial charge >= 0.3 is 6.03 Å². The van der Waals surface area contributed by atoms with Gasteiger partial charge in [-0.2, -0.15) is 0 Å². The van der Waals surface area contributed by atoms with Gasteiger partial charge in [0, 0.05) is 6.54 Å². The van der Waals surface area contributed by atoms with Crippen molar-refractivity contribution in [2.24, 2.45) is 0 Å². The number of amides is 2. The number of urea groups is 1. The molecule has 1 aromatic rings. The number of carbonyl (C=O) groups is 1. The number of hydrogen-bond donors (Lipinski definition) is 2. The average Bonchev–Trinajstić information content (AvgIpc) is 2.56. The van der Waals surface area contributed by atoms with E-state index in [2.05, 4.69) is 11.4 Å². The van der Waals surface area contributed by atoms with E-state index in [0.29, 0.717) is 6.54 Å². The van der Waals surface area contributed by atoms with Crippen LogP contribution in [0, 0.1) is 19.3 Å². The minimum atomic E-state index is -0.252. The molecule has 1 atom stereocenters. The molecule has 1 heterocycles. The molecule has 0 spiro atoms. The van der Waals surface area contributed by atoms with Crippen LogP contribution in [0.25, 0.3) is 0 Å². The van der Waals surface area contributed by atoms with Crippen LogP contribution in [0.15, 0.2) is 18.2 Å². The van der Waals surface area contributed by atoms with E-state index in [-0.39, 0.29) is 17.9 Å². The fourth-order valence-corrected chi connectivity index (χ4v) is 2.46. The van der Waals surface area contributed by atoms with Crippen LogP contribution in [-0.4, -0.2) is 23.3 Å². The highest BCUT2D eigenvalue weighted by Crippen LogP contribution is 2.28. The smallest absolute Gasteiger partial charge is 0.310 e. The van der Waals surface area contributed by atoms with Gasteiger partial charge in [-0.3, -0.25) is 10.7 Å². The summed E-state index contributed by atoms with van der Waals surface area (Å²) < 4.78 is 0. The van der Waals surface area contributed by atoms with E-state index in [0.717, 1.165) is 17.5 Å². The number of rotatable bonds is 3. The van der Waals surface area contributed by atoms with Gasteiger partial charge in [0.05, 0.1) is 0 Å². The van der Waals surface area contributed by atoms with Crippen molar-refractivity contribution in [3.8, 4) is 0 Å². The maximum Gasteiger partial charge on any atom is 0.323 e. The molecule has 1 fully saturated rings. The molecule has 0 saturated carbocycles. The quantitative estimate of drug-likeness (QED) is 0.845. The summed E-state index contributed by atoms with van der Waals surface area (Å²) in [6.45, 7) is 6.78. The van der Waals surface area contributed by atoms with E-state index in [4.69, 9.17) is 5.41 Å². The summed E-state index contributed by atoms with van der Waals surface area (Å²) in [6, 6.07) is 5.73. The minimum absolute atomic E-state index is 0.160. The van der Waals surface area contributed by atoms with Crippen LogP contribution >= 0.6 is 0 Å². The molecule has 0 aliphatic carbocycles. The highest BCUT2D eigenvalue weighted by Gasteiger charge is 2.36. The van der Waals surface area contributed by atoms with Crippen molar-refractivity contribution in [1.82, 2.24) is 10.2 Å². The van der Waals surface area contributed by atoms with Crippen LogP contribution in [0.3, 0.4) is 0 Å². The standard InChI is InChI=1S/C14H19N3O/c1-4-7-17-12(13(15)16-14(17)18)11-6-5-9(2)8-10(11)3/h5-6,8,12H,4,7H2,1-3H3,(H2,15,16,18). The Kier molecular flexibility index (Phi) is 3.36. The molecule has 4 nitrogen and oxygen atoms in total. The second-order valence-electron chi connectivity index (χ2n) is 4.80. The SMILES string of the molecule is CCCN1C(=O)NC(=N)C1c1ccc(C)cc1C. The average molecular weight is 245 g/mol. The normalized spacial score (nSPS) is 19.3. The zero-order valence-electron chi connectivity index (χ0n) is 11.1. The van der Waals surface area contributed by atoms with E-state index in [1.54, 1.807) is 4.90 Å². The van der Waals surface area contributed by atoms with Gasteiger partial charge in [-0.15, -0.1) is 0 Å². The first-order valence-electron chi connectivity index (χ1n) is 6.27. The fourth-order valence-electron chi connectivity index (χ4n) is 2.46. The molecule has 2 N–H and O–H groups in total. The molecule has 1 aliphatic heterocycles. The Hall–Kier alpha value is -1.84. The Balaban J connectivity index is 2.40. The molecule has 0 radical (unpaired) electrons. The summed E-state index contributed by atoms with van der Waals surface area (Å²) in [5.41, 5.74) is 3.36. The van der Waals surface area contributed by atoms with Gasteiger partial charge in [0.25, 0.3) is 0 Å². The number of amidine groups is 1. The molecule has 96 valence electrons. The summed E-state index contributed by atoms with van der Waals surface area (Å²) in [6.07, 6.45) is 0.891. The first kappa shape index (κ1) is 12.6. The van der Waals surface area contributed by atoms with Gasteiger partial charge in [0.1, 0.15) is 11.9 Å². The summed E-state index contributed by atoms with van der Waals surface area (Å²) >= 11 is 0. The lowest BCUT2D eigenvalue weighted by Gasteiger charge is -2.24. The molecule has 0 bridgehead atoms. The number of nitrogens with zero attached hydrogens (tertiary/aromatic N) is 1. The third kappa shape index (κ3) is 2.10. The highest BCUT2D eigenvalue weighted by molar-refractivity contribution is 6.06. The van der Waals surface area contributed by atoms with Crippen molar-refractivity contribution in [2.75, 3.05) is 6.54 Å². The van der Waals surface area contributed by atoms with Gasteiger partial charge in [0.2, 0.25) is 0 Å². The predicted octanol–water partition coefficient (Wildman–Crippen LogP) is 2.76. The number of nitrogens with one attached hydrogen (secondary N) is 2. The molecule has 1 saturated heterocycles. The van der Waals surface area contributed by atoms with E-state index >= 15 is 0 Å². The third-order valence-corrected chi connectivity index (χ3v) is 3.27. The minimum Gasteiger partial charge on any atom is -0.310 e. The van der Waals surface area contributed by atoms with Crippen LogP contribution in [-0.2, 0) is 0 Å². The monoisotopic (exact) mass is 245 g/mol. The number of benzene rings is 1. The highest BCUT2D eigenvalue weighted by atomic mass is 16.2. The molecule has 2 rings (SSSR count). The van der Waals surface area contributed by atoms with Gasteiger partial charge in [-0.1, -0.05) is 30.7 Å². The molecule has 2 amide bonds. The largest absolute Gasteiger partial charge is 0.323 e. The summed E-state index contributed by atoms with van der Waals surface area (Å²) in [5.74, 6) is 0.278. The van der Waals surface area contributed by atoms with Crippen LogP contribution in [0.2, 0.25) is 0 Å². The number of hydrogen-bond acceptors (Lipinski definition) is 2. The van der Waals surface area contributed by atoms with E-state index in [1.165, 1.54) is 5.56 Å². The topological polar surface area (TPSA) is 56.2 Å². The lowest BCUT2D eigenvalue weighted by Crippen LogP contribution is -2.30. The van der Waals surface area contributed by atoms with E-state index in [1.807, 2.05) is 32.9 Å². The lowest BCUT2D eigenvalue weighted by molar-refractivity contribution is 0.205. The third-order valence-electron chi connectivity index (χ3n) is 3.27. The summed E-state index contributed by atoms with van der Waals surface area (Å²) in [4.78, 5) is 13.5. The maximum absolute atomic E-state index is 11.8. The zero-order valence-corrected chi connectivity index (χ0v) is 11.1. The number of aryl methyl sites for hydroxylation is 2. The Morgan fingerprint density at radius 2 is 2.11 bits per heavy atom. The first-order valence-corrected chi connectivity index (χ1v) is 6.27. The molecule has 0 aromatic heterocycles. The van der Waals surface area contributed by atoms with Crippen LogP contribution < -0.4 is 5.32 Å². The second kappa shape index (κ2) is 4.80. The molecule has 1 aliphatic rings. The Bertz CT molecular complexity index is 496. The van der Waals surface area contributed by atoms with Crippen LogP contribution in [0.4, 0.5) is 4.79 Å². The van der Waals surface area contributed by atoms with Gasteiger partial charge in [-0.25, -0.2) is 4.79 Å². The van der Waals surface area contributed by atoms with Crippen molar-refractivity contribution in [3.05, 3.63) is 34.9 Å². The van der Waals surface area contributed by atoms with E-state index in [9.17, 15) is 4.79 Å². The van der Waals surface area contributed by atoms with Crippen LogP contribution in [0.1, 0.15) is 36.1 Å². The van der Waals surface area contributed by atoms with Crippen molar-refractivity contribution in [3.63, 3.8) is 0 Å². The summed E-state index contributed by atoms with van der Waals surface area (Å²) in [7, 11) is 0. The van der Waals surface area contributed by atoms with Crippen molar-refractivity contribution >= 4 is 11.9 Å². The Morgan fingerprint density at radius 3 is 2.72 bits per heavy atom. The van der Waals surface area contributed by atoms with Gasteiger partial charge < -0.3 is 4.90 Å². The molecular formula is C14H19N3O. The molecule has 1 aromatic carbocycles. The van der Waals surface area contributed by atoms with Crippen LogP contribution in [0.5, 0.6) is 0 Å². The Morgan fingerprint density at radius 1 is 1.39 bits per heavy atom. The molecular weight excluding hydrogens is 226 g/mol. The Labute approximate surface area is 108 Å². The molecule has 4 heteroatoms. The predicted molar refractivity (Wildman–Crippen MR) is 71.9 cm³/mol. The molecule has 18 heavy (non-hydrogen) atoms. The van der Waals surface area contributed by atoms with E-state index < -0.39 is 0 Å². The van der Waals surface area contributed by atoms with Crippen molar-refractivity contribution < 1.29 is 4.79 Å². The maximum atomic E-state index is 11.8. The second-order valence-corrected chi connectivity index (χ2v) is 4.80. The zero-order chi connectivity index (χ0) is 13.3. The van der Waals surface area contributed by atoms with Crippen molar-refractivity contribution in [1.29, 1.82) is 5.41 Å². The van der Waals surface area contributed by atoms with Gasteiger partial charge in [0.15, 0.2) is 0 Å². The number of carbonyl (C=O) groups excluding carboxylic acids is 1. The fraction of sp³-hybridized carbons (Fsp3) is 0.429.